The van der Waals surface area contributed by atoms with E-state index in [1.54, 1.807) is 6.07 Å². The van der Waals surface area contributed by atoms with Crippen LogP contribution in [0, 0.1) is 0 Å². The lowest BCUT2D eigenvalue weighted by Gasteiger charge is -2.17. The molecule has 0 radical (unpaired) electrons. The Balaban J connectivity index is 2.31. The molecule has 1 aromatic carbocycles. The number of methoxy groups -OCH3 is 2. The van der Waals surface area contributed by atoms with Gasteiger partial charge < -0.3 is 29.7 Å². The average Bonchev–Trinajstić information content (AvgIpc) is 2.72. The number of carbonyl (C=O) groups excluding carboxylic acids is 2. The van der Waals surface area contributed by atoms with Gasteiger partial charge in [0, 0.05) is 24.1 Å². The summed E-state index contributed by atoms with van der Waals surface area (Å²) in [6.45, 7) is 0. The Bertz CT molecular complexity index is 1260. The number of H-pyrrole nitrogens is 1. The van der Waals surface area contributed by atoms with Crippen LogP contribution in [0.4, 0.5) is 0 Å². The number of esters is 1. The molecule has 0 aliphatic carbocycles. The van der Waals surface area contributed by atoms with Crippen LogP contribution in [-0.2, 0) is 9.53 Å². The minimum Gasteiger partial charge on any atom is -0.506 e. The molecule has 0 unspecified atom stereocenters. The number of amides is 1. The molecule has 10 nitrogen and oxygen atoms in total. The van der Waals surface area contributed by atoms with Gasteiger partial charge in [0.25, 0.3) is 5.56 Å². The Kier molecular flexibility index (Phi) is 5.58. The third kappa shape index (κ3) is 3.62. The number of aromatic amines is 1. The van der Waals surface area contributed by atoms with E-state index in [2.05, 4.69) is 9.72 Å². The first kappa shape index (κ1) is 20.6. The predicted molar refractivity (Wildman–Crippen MR) is 105 cm³/mol. The van der Waals surface area contributed by atoms with Crippen molar-refractivity contribution in [3.05, 3.63) is 67.9 Å². The van der Waals surface area contributed by atoms with E-state index in [0.717, 1.165) is 19.6 Å². The van der Waals surface area contributed by atoms with Crippen LogP contribution in [0.1, 0.15) is 33.8 Å². The first-order chi connectivity index (χ1) is 14.3. The molecule has 30 heavy (non-hydrogen) atoms. The number of nitrogens with two attached hydrogens (primary N) is 1. The van der Waals surface area contributed by atoms with Crippen LogP contribution in [0.2, 0.25) is 0 Å². The van der Waals surface area contributed by atoms with Gasteiger partial charge in [0.2, 0.25) is 5.91 Å². The van der Waals surface area contributed by atoms with Gasteiger partial charge in [-0.1, -0.05) is 0 Å². The maximum atomic E-state index is 13.1. The molecule has 4 N–H and O–H groups in total. The number of aromatic nitrogens is 1. The van der Waals surface area contributed by atoms with Crippen molar-refractivity contribution in [3.63, 3.8) is 0 Å². The van der Waals surface area contributed by atoms with Gasteiger partial charge >= 0.3 is 5.97 Å². The summed E-state index contributed by atoms with van der Waals surface area (Å²) in [5, 5.41) is 10.7. The molecule has 1 atom stereocenters. The first-order valence-corrected chi connectivity index (χ1v) is 8.69. The van der Waals surface area contributed by atoms with E-state index < -0.39 is 41.0 Å². The number of aromatic hydroxyl groups is 1. The lowest BCUT2D eigenvalue weighted by atomic mass is 9.88. The molecular weight excluding hydrogens is 396 g/mol. The van der Waals surface area contributed by atoms with Gasteiger partial charge in [0.05, 0.1) is 31.4 Å². The normalized spacial score (nSPS) is 11.8. The molecule has 0 aliphatic heterocycles. The molecular formula is C20H18N2O8. The Morgan fingerprint density at radius 2 is 2.00 bits per heavy atom. The molecule has 0 bridgehead atoms. The van der Waals surface area contributed by atoms with Crippen LogP contribution >= 0.6 is 0 Å². The number of nitrogens with one attached hydrogen (secondary N) is 1. The van der Waals surface area contributed by atoms with E-state index in [9.17, 15) is 24.3 Å². The van der Waals surface area contributed by atoms with Crippen LogP contribution in [0.15, 0.2) is 44.7 Å². The summed E-state index contributed by atoms with van der Waals surface area (Å²) in [6, 6.07) is 4.58. The monoisotopic (exact) mass is 414 g/mol. The summed E-state index contributed by atoms with van der Waals surface area (Å²) in [6.07, 6.45) is 1.57. The Hall–Kier alpha value is -4.08. The molecule has 1 amide bonds. The van der Waals surface area contributed by atoms with Crippen molar-refractivity contribution < 1.29 is 28.6 Å². The maximum Gasteiger partial charge on any atom is 0.343 e. The van der Waals surface area contributed by atoms with Crippen molar-refractivity contribution in [2.24, 2.45) is 5.73 Å². The van der Waals surface area contributed by atoms with Gasteiger partial charge in [0.15, 0.2) is 5.43 Å². The average molecular weight is 414 g/mol. The number of carbonyl (C=O) groups is 2. The maximum absolute atomic E-state index is 13.1. The second-order valence-electron chi connectivity index (χ2n) is 6.39. The molecule has 0 spiro atoms. The largest absolute Gasteiger partial charge is 0.506 e. The van der Waals surface area contributed by atoms with Gasteiger partial charge in [-0.2, -0.15) is 0 Å². The van der Waals surface area contributed by atoms with E-state index in [4.69, 9.17) is 14.9 Å². The zero-order chi connectivity index (χ0) is 22.0. The summed E-state index contributed by atoms with van der Waals surface area (Å²) in [5.74, 6) is -3.36. The molecule has 0 saturated heterocycles. The van der Waals surface area contributed by atoms with Gasteiger partial charge in [0.1, 0.15) is 22.6 Å². The minimum absolute atomic E-state index is 0.0997. The Morgan fingerprint density at radius 1 is 1.27 bits per heavy atom. The smallest absolute Gasteiger partial charge is 0.343 e. The number of rotatable bonds is 6. The topological polar surface area (TPSA) is 162 Å². The fourth-order valence-corrected chi connectivity index (χ4v) is 3.19. The highest BCUT2D eigenvalue weighted by molar-refractivity contribution is 5.92. The number of benzene rings is 1. The Morgan fingerprint density at radius 3 is 2.63 bits per heavy atom. The molecule has 0 saturated carbocycles. The molecule has 2 heterocycles. The molecule has 156 valence electrons. The van der Waals surface area contributed by atoms with Crippen LogP contribution in [0.25, 0.3) is 11.0 Å². The van der Waals surface area contributed by atoms with Crippen molar-refractivity contribution in [3.8, 4) is 11.5 Å². The lowest BCUT2D eigenvalue weighted by molar-refractivity contribution is -0.118. The zero-order valence-electron chi connectivity index (χ0n) is 16.1. The van der Waals surface area contributed by atoms with E-state index in [1.807, 2.05) is 0 Å². The van der Waals surface area contributed by atoms with Crippen LogP contribution in [-0.4, -0.2) is 36.2 Å². The fourth-order valence-electron chi connectivity index (χ4n) is 3.19. The van der Waals surface area contributed by atoms with Gasteiger partial charge in [-0.05, 0) is 18.2 Å². The van der Waals surface area contributed by atoms with E-state index in [1.165, 1.54) is 19.2 Å². The van der Waals surface area contributed by atoms with E-state index >= 15 is 0 Å². The molecule has 0 fully saturated rings. The summed E-state index contributed by atoms with van der Waals surface area (Å²) in [7, 11) is 2.53. The van der Waals surface area contributed by atoms with Gasteiger partial charge in [-0.3, -0.25) is 14.4 Å². The number of ether oxygens (including phenoxy) is 2. The number of pyridine rings is 1. The number of fused-ring (bicyclic) bond motifs is 1. The Labute approximate surface area is 168 Å². The summed E-state index contributed by atoms with van der Waals surface area (Å²) >= 11 is 0. The second-order valence-corrected chi connectivity index (χ2v) is 6.39. The van der Waals surface area contributed by atoms with Crippen LogP contribution < -0.4 is 21.5 Å². The van der Waals surface area contributed by atoms with Crippen molar-refractivity contribution in [1.29, 1.82) is 0 Å². The van der Waals surface area contributed by atoms with Crippen molar-refractivity contribution in [1.82, 2.24) is 4.98 Å². The SMILES string of the molecule is COC(=O)c1c[nH]c(=O)c([C@H](CC(N)=O)c2coc3ccc(OC)cc3c2=O)c1O. The van der Waals surface area contributed by atoms with Crippen molar-refractivity contribution in [2.45, 2.75) is 12.3 Å². The quantitative estimate of drug-likeness (QED) is 0.503. The highest BCUT2D eigenvalue weighted by Gasteiger charge is 2.30. The summed E-state index contributed by atoms with van der Waals surface area (Å²) in [4.78, 5) is 51.6. The third-order valence-electron chi connectivity index (χ3n) is 4.64. The first-order valence-electron chi connectivity index (χ1n) is 8.69. The molecule has 2 aromatic heterocycles. The van der Waals surface area contributed by atoms with Gasteiger partial charge in [-0.25, -0.2) is 4.79 Å². The minimum atomic E-state index is -1.28. The number of hydrogen-bond donors (Lipinski definition) is 3. The number of hydrogen-bond acceptors (Lipinski definition) is 8. The molecule has 10 heteroatoms. The fraction of sp³-hybridized carbons (Fsp3) is 0.200. The lowest BCUT2D eigenvalue weighted by Crippen LogP contribution is -2.27. The van der Waals surface area contributed by atoms with Crippen molar-refractivity contribution in [2.75, 3.05) is 14.2 Å². The predicted octanol–water partition coefficient (Wildman–Crippen LogP) is 0.989. The summed E-state index contributed by atoms with van der Waals surface area (Å²) < 4.78 is 15.2. The highest BCUT2D eigenvalue weighted by Crippen LogP contribution is 2.33. The third-order valence-corrected chi connectivity index (χ3v) is 4.64. The second kappa shape index (κ2) is 8.11. The standard InChI is InChI=1S/C20H18N2O8/c1-28-9-3-4-14-11(5-9)17(24)13(8-30-14)10(6-15(21)23)16-18(25)12(20(27)29-2)7-22-19(16)26/h3-5,7-8,10H,6H2,1-2H3,(H2,21,23)(H2,22,25,26)/t10-/m1/s1. The van der Waals surface area contributed by atoms with Crippen molar-refractivity contribution >= 4 is 22.8 Å². The molecule has 3 rings (SSSR count). The molecule has 0 aliphatic rings. The number of primary amides is 1. The van der Waals surface area contributed by atoms with Gasteiger partial charge in [-0.15, -0.1) is 0 Å². The zero-order valence-corrected chi connectivity index (χ0v) is 16.1. The highest BCUT2D eigenvalue weighted by atomic mass is 16.5. The summed E-state index contributed by atoms with van der Waals surface area (Å²) in [5.41, 5.74) is 3.39. The van der Waals surface area contributed by atoms with E-state index in [0.29, 0.717) is 5.75 Å². The van der Waals surface area contributed by atoms with Crippen LogP contribution in [0.3, 0.4) is 0 Å². The van der Waals surface area contributed by atoms with Crippen LogP contribution in [0.5, 0.6) is 11.5 Å². The molecule has 3 aromatic rings. The van der Waals surface area contributed by atoms with E-state index in [-0.39, 0.29) is 27.7 Å².